The maximum Gasteiger partial charge on any atom is 0.103 e. The summed E-state index contributed by atoms with van der Waals surface area (Å²) in [6, 6.07) is 2.43. The highest BCUT2D eigenvalue weighted by atomic mass is 32.2. The topological polar surface area (TPSA) is 35.8 Å². The lowest BCUT2D eigenvalue weighted by Gasteiger charge is -2.22. The van der Waals surface area contributed by atoms with Crippen LogP contribution in [0.3, 0.4) is 0 Å². The molecular weight excluding hydrogens is 252 g/mol. The van der Waals surface area contributed by atoms with E-state index in [1.165, 1.54) is 50.0 Å². The van der Waals surface area contributed by atoms with Crippen LogP contribution in [0.1, 0.15) is 65.2 Å². The van der Waals surface area contributed by atoms with Gasteiger partial charge in [0.25, 0.3) is 0 Å². The van der Waals surface area contributed by atoms with Gasteiger partial charge < -0.3 is 0 Å². The third-order valence-electron chi connectivity index (χ3n) is 4.06. The van der Waals surface area contributed by atoms with Gasteiger partial charge in [-0.25, -0.2) is 0 Å². The number of unbranched alkanes of at least 4 members (excludes halogenated alkanes) is 1. The van der Waals surface area contributed by atoms with Gasteiger partial charge in [0.15, 0.2) is 0 Å². The van der Waals surface area contributed by atoms with E-state index in [0.717, 1.165) is 25.3 Å². The Labute approximate surface area is 123 Å². The fourth-order valence-corrected chi connectivity index (χ4v) is 3.94. The van der Waals surface area contributed by atoms with Gasteiger partial charge in [-0.1, -0.05) is 19.8 Å². The van der Waals surface area contributed by atoms with Crippen LogP contribution in [0.25, 0.3) is 0 Å². The maximum absolute atomic E-state index is 9.24. The van der Waals surface area contributed by atoms with Crippen LogP contribution in [0.15, 0.2) is 0 Å². The number of rotatable bonds is 10. The molecule has 0 amide bonds. The van der Waals surface area contributed by atoms with Crippen LogP contribution in [-0.2, 0) is 0 Å². The molecule has 1 rings (SSSR count). The summed E-state index contributed by atoms with van der Waals surface area (Å²) in [5.41, 5.74) is -0.313. The average molecular weight is 282 g/mol. The largest absolute Gasteiger partial charge is 0.300 e. The van der Waals surface area contributed by atoms with Crippen LogP contribution in [0.2, 0.25) is 0 Å². The molecule has 1 aliphatic carbocycles. The Morgan fingerprint density at radius 2 is 2.05 bits per heavy atom. The van der Waals surface area contributed by atoms with Gasteiger partial charge in [0.1, 0.15) is 5.54 Å². The Kier molecular flexibility index (Phi) is 8.57. The van der Waals surface area contributed by atoms with Crippen LogP contribution < -0.4 is 5.32 Å². The molecule has 1 saturated carbocycles. The third kappa shape index (κ3) is 7.22. The van der Waals surface area contributed by atoms with Gasteiger partial charge in [-0.2, -0.15) is 17.0 Å². The molecule has 1 fully saturated rings. The Morgan fingerprint density at radius 1 is 1.32 bits per heavy atom. The van der Waals surface area contributed by atoms with Crippen molar-refractivity contribution in [3.8, 4) is 6.07 Å². The molecule has 0 aromatic heterocycles. The van der Waals surface area contributed by atoms with Crippen molar-refractivity contribution in [1.82, 2.24) is 5.32 Å². The lowest BCUT2D eigenvalue weighted by molar-refractivity contribution is 0.406. The van der Waals surface area contributed by atoms with Crippen LogP contribution in [0.5, 0.6) is 0 Å². The zero-order valence-corrected chi connectivity index (χ0v) is 13.5. The van der Waals surface area contributed by atoms with E-state index >= 15 is 0 Å². The molecule has 19 heavy (non-hydrogen) atoms. The number of thioether (sulfide) groups is 1. The van der Waals surface area contributed by atoms with Crippen molar-refractivity contribution in [3.05, 3.63) is 0 Å². The molecule has 1 unspecified atom stereocenters. The van der Waals surface area contributed by atoms with Gasteiger partial charge in [0, 0.05) is 0 Å². The number of nitrogens with one attached hydrogen (secondary N) is 1. The molecule has 0 radical (unpaired) electrons. The molecule has 0 aromatic carbocycles. The minimum atomic E-state index is -0.313. The van der Waals surface area contributed by atoms with E-state index in [9.17, 15) is 5.26 Å². The second kappa shape index (κ2) is 9.66. The average Bonchev–Trinajstić information content (AvgIpc) is 2.93. The summed E-state index contributed by atoms with van der Waals surface area (Å²) in [4.78, 5) is 0. The van der Waals surface area contributed by atoms with E-state index < -0.39 is 0 Å². The van der Waals surface area contributed by atoms with Gasteiger partial charge in [-0.15, -0.1) is 0 Å². The van der Waals surface area contributed by atoms with Crippen molar-refractivity contribution in [2.75, 3.05) is 18.1 Å². The summed E-state index contributed by atoms with van der Waals surface area (Å²) in [6.07, 6.45) is 10.3. The fraction of sp³-hybridized carbons (Fsp3) is 0.938. The Morgan fingerprint density at radius 3 is 2.68 bits per heavy atom. The quantitative estimate of drug-likeness (QED) is 0.605. The zero-order chi connectivity index (χ0) is 14.0. The summed E-state index contributed by atoms with van der Waals surface area (Å²) in [5.74, 6) is 3.63. The molecule has 0 saturated heterocycles. The van der Waals surface area contributed by atoms with Crippen molar-refractivity contribution in [2.24, 2.45) is 5.92 Å². The van der Waals surface area contributed by atoms with E-state index in [1.807, 2.05) is 6.92 Å². The summed E-state index contributed by atoms with van der Waals surface area (Å²) in [7, 11) is 0. The number of hydrogen-bond acceptors (Lipinski definition) is 3. The predicted octanol–water partition coefficient (Wildman–Crippen LogP) is 4.36. The van der Waals surface area contributed by atoms with Gasteiger partial charge in [-0.05, 0) is 69.4 Å². The zero-order valence-electron chi connectivity index (χ0n) is 12.7. The van der Waals surface area contributed by atoms with Crippen molar-refractivity contribution in [3.63, 3.8) is 0 Å². The molecule has 1 N–H and O–H groups in total. The summed E-state index contributed by atoms with van der Waals surface area (Å²) in [6.45, 7) is 5.12. The standard InChI is InChI=1S/C16H30N2S/c1-3-11-18-16(2,14-17)10-6-7-12-19-13-15-8-4-5-9-15/h15,18H,3-13H2,1-2H3. The Bertz CT molecular complexity index is 268. The van der Waals surface area contributed by atoms with Crippen molar-refractivity contribution < 1.29 is 0 Å². The highest BCUT2D eigenvalue weighted by Crippen LogP contribution is 2.28. The molecule has 0 aliphatic heterocycles. The maximum atomic E-state index is 9.24. The second-order valence-corrected chi connectivity index (χ2v) is 7.20. The first-order valence-electron chi connectivity index (χ1n) is 7.94. The fourth-order valence-electron chi connectivity index (χ4n) is 2.69. The predicted molar refractivity (Wildman–Crippen MR) is 85.4 cm³/mol. The van der Waals surface area contributed by atoms with Crippen molar-refractivity contribution in [1.29, 1.82) is 5.26 Å². The highest BCUT2D eigenvalue weighted by molar-refractivity contribution is 7.99. The SMILES string of the molecule is CCCNC(C)(C#N)CCCCSCC1CCCC1. The Hall–Kier alpha value is -0.200. The summed E-state index contributed by atoms with van der Waals surface area (Å²) in [5, 5.41) is 12.6. The number of nitriles is 1. The molecule has 1 aliphatic rings. The normalized spacial score (nSPS) is 19.2. The first kappa shape index (κ1) is 16.9. The van der Waals surface area contributed by atoms with E-state index in [4.69, 9.17) is 0 Å². The van der Waals surface area contributed by atoms with Gasteiger partial charge >= 0.3 is 0 Å². The first-order chi connectivity index (χ1) is 9.20. The van der Waals surface area contributed by atoms with Crippen LogP contribution in [0, 0.1) is 17.2 Å². The van der Waals surface area contributed by atoms with Crippen LogP contribution >= 0.6 is 11.8 Å². The molecule has 0 bridgehead atoms. The number of hydrogen-bond donors (Lipinski definition) is 1. The molecule has 0 spiro atoms. The second-order valence-electron chi connectivity index (χ2n) is 6.05. The minimum absolute atomic E-state index is 0.313. The van der Waals surface area contributed by atoms with Crippen molar-refractivity contribution in [2.45, 2.75) is 70.8 Å². The minimum Gasteiger partial charge on any atom is -0.300 e. The van der Waals surface area contributed by atoms with Crippen molar-refractivity contribution >= 4 is 11.8 Å². The number of nitrogens with zero attached hydrogens (tertiary/aromatic N) is 1. The van der Waals surface area contributed by atoms with E-state index in [2.05, 4.69) is 30.1 Å². The molecular formula is C16H30N2S. The van der Waals surface area contributed by atoms with E-state index in [-0.39, 0.29) is 5.54 Å². The van der Waals surface area contributed by atoms with E-state index in [0.29, 0.717) is 0 Å². The summed E-state index contributed by atoms with van der Waals surface area (Å²) >= 11 is 2.12. The third-order valence-corrected chi connectivity index (χ3v) is 5.34. The van der Waals surface area contributed by atoms with Crippen LogP contribution in [-0.4, -0.2) is 23.6 Å². The molecule has 3 heteroatoms. The van der Waals surface area contributed by atoms with E-state index in [1.54, 1.807) is 0 Å². The molecule has 0 heterocycles. The van der Waals surface area contributed by atoms with Gasteiger partial charge in [-0.3, -0.25) is 5.32 Å². The molecule has 1 atom stereocenters. The summed E-state index contributed by atoms with van der Waals surface area (Å²) < 4.78 is 0. The lowest BCUT2D eigenvalue weighted by atomic mass is 9.96. The van der Waals surface area contributed by atoms with Gasteiger partial charge in [0.2, 0.25) is 0 Å². The molecule has 2 nitrogen and oxygen atoms in total. The molecule has 0 aromatic rings. The smallest absolute Gasteiger partial charge is 0.103 e. The van der Waals surface area contributed by atoms with Crippen LogP contribution in [0.4, 0.5) is 0 Å². The lowest BCUT2D eigenvalue weighted by Crippen LogP contribution is -2.41. The molecule has 110 valence electrons. The first-order valence-corrected chi connectivity index (χ1v) is 9.09. The highest BCUT2D eigenvalue weighted by Gasteiger charge is 2.21. The monoisotopic (exact) mass is 282 g/mol. The Balaban J connectivity index is 2.00. The van der Waals surface area contributed by atoms with Gasteiger partial charge in [0.05, 0.1) is 6.07 Å².